The van der Waals surface area contributed by atoms with E-state index in [2.05, 4.69) is 24.4 Å². The number of aromatic nitrogens is 1. The predicted octanol–water partition coefficient (Wildman–Crippen LogP) is 5.60. The van der Waals surface area contributed by atoms with Crippen molar-refractivity contribution in [3.05, 3.63) is 70.2 Å². The number of benzene rings is 3. The van der Waals surface area contributed by atoms with Crippen molar-refractivity contribution in [2.24, 2.45) is 0 Å². The van der Waals surface area contributed by atoms with Crippen LogP contribution >= 0.6 is 11.6 Å². The summed E-state index contributed by atoms with van der Waals surface area (Å²) in [6.45, 7) is 2.07. The maximum atomic E-state index is 13.3. The Bertz CT molecular complexity index is 1260. The SMILES string of the molecule is CNc1c(Cl)cc2nc3ccc(C)cc3c3c2c1C(=O)c1ccccc1-3. The van der Waals surface area contributed by atoms with Gasteiger partial charge < -0.3 is 5.32 Å². The molecule has 0 atom stereocenters. The Labute approximate surface area is 155 Å². The van der Waals surface area contributed by atoms with E-state index >= 15 is 0 Å². The third kappa shape index (κ3) is 1.89. The summed E-state index contributed by atoms with van der Waals surface area (Å²) < 4.78 is 0. The van der Waals surface area contributed by atoms with Crippen LogP contribution in [-0.2, 0) is 0 Å². The van der Waals surface area contributed by atoms with Crippen molar-refractivity contribution in [3.63, 3.8) is 0 Å². The zero-order chi connectivity index (χ0) is 18.0. The molecule has 0 saturated carbocycles. The second-order valence-corrected chi connectivity index (χ2v) is 7.04. The van der Waals surface area contributed by atoms with Crippen LogP contribution in [-0.4, -0.2) is 17.8 Å². The Hall–Kier alpha value is -2.91. The summed E-state index contributed by atoms with van der Waals surface area (Å²) in [5.74, 6) is -0.0150. The van der Waals surface area contributed by atoms with Crippen LogP contribution in [0.25, 0.3) is 32.9 Å². The molecule has 1 N–H and O–H groups in total. The van der Waals surface area contributed by atoms with Gasteiger partial charge in [-0.25, -0.2) is 4.98 Å². The number of carbonyl (C=O) groups excluding carboxylic acids is 1. The summed E-state index contributed by atoms with van der Waals surface area (Å²) in [5.41, 5.74) is 6.81. The number of pyridine rings is 1. The largest absolute Gasteiger partial charge is 0.386 e. The Kier molecular flexibility index (Phi) is 3.12. The Balaban J connectivity index is 2.13. The molecule has 26 heavy (non-hydrogen) atoms. The zero-order valence-electron chi connectivity index (χ0n) is 14.4. The second-order valence-electron chi connectivity index (χ2n) is 6.63. The number of hydrogen-bond donors (Lipinski definition) is 1. The van der Waals surface area contributed by atoms with Crippen molar-refractivity contribution < 1.29 is 4.79 Å². The first-order valence-electron chi connectivity index (χ1n) is 8.48. The van der Waals surface area contributed by atoms with Gasteiger partial charge in [0.1, 0.15) is 0 Å². The van der Waals surface area contributed by atoms with Gasteiger partial charge >= 0.3 is 0 Å². The summed E-state index contributed by atoms with van der Waals surface area (Å²) in [5, 5.41) is 5.55. The molecule has 3 aromatic carbocycles. The fourth-order valence-corrected chi connectivity index (χ4v) is 4.27. The normalized spacial score (nSPS) is 12.5. The molecular weight excluding hydrogens is 344 g/mol. The van der Waals surface area contributed by atoms with Crippen LogP contribution in [0.1, 0.15) is 21.5 Å². The number of nitrogens with one attached hydrogen (secondary N) is 1. The van der Waals surface area contributed by atoms with Gasteiger partial charge in [-0.1, -0.05) is 47.5 Å². The third-order valence-electron chi connectivity index (χ3n) is 5.09. The molecule has 1 aromatic heterocycles. The fourth-order valence-electron chi connectivity index (χ4n) is 3.98. The first-order chi connectivity index (χ1) is 12.6. The van der Waals surface area contributed by atoms with E-state index in [0.29, 0.717) is 21.8 Å². The van der Waals surface area contributed by atoms with Gasteiger partial charge in [-0.3, -0.25) is 4.79 Å². The molecular formula is C22H15ClN2O. The van der Waals surface area contributed by atoms with Crippen molar-refractivity contribution in [1.29, 1.82) is 0 Å². The van der Waals surface area contributed by atoms with Crippen molar-refractivity contribution in [3.8, 4) is 11.1 Å². The molecule has 126 valence electrons. The lowest BCUT2D eigenvalue weighted by Crippen LogP contribution is -2.13. The molecule has 4 heteroatoms. The molecule has 1 aliphatic rings. The summed E-state index contributed by atoms with van der Waals surface area (Å²) >= 11 is 6.48. The minimum atomic E-state index is -0.0150. The quantitative estimate of drug-likeness (QED) is 0.396. The van der Waals surface area contributed by atoms with Crippen LogP contribution in [0.5, 0.6) is 0 Å². The van der Waals surface area contributed by atoms with Gasteiger partial charge in [-0.2, -0.15) is 0 Å². The van der Waals surface area contributed by atoms with Crippen LogP contribution in [0, 0.1) is 6.92 Å². The maximum absolute atomic E-state index is 13.3. The van der Waals surface area contributed by atoms with Crippen molar-refractivity contribution in [1.82, 2.24) is 4.98 Å². The molecule has 1 heterocycles. The van der Waals surface area contributed by atoms with E-state index in [4.69, 9.17) is 16.6 Å². The number of hydrogen-bond acceptors (Lipinski definition) is 3. The Morgan fingerprint density at radius 2 is 1.73 bits per heavy atom. The topological polar surface area (TPSA) is 42.0 Å². The van der Waals surface area contributed by atoms with Crippen LogP contribution in [0.15, 0.2) is 48.5 Å². The monoisotopic (exact) mass is 358 g/mol. The van der Waals surface area contributed by atoms with E-state index in [1.807, 2.05) is 36.4 Å². The first kappa shape index (κ1) is 15.4. The summed E-state index contributed by atoms with van der Waals surface area (Å²) in [7, 11) is 1.79. The van der Waals surface area contributed by atoms with Crippen molar-refractivity contribution in [2.75, 3.05) is 12.4 Å². The Morgan fingerprint density at radius 3 is 2.50 bits per heavy atom. The van der Waals surface area contributed by atoms with Crippen LogP contribution in [0.2, 0.25) is 5.02 Å². The van der Waals surface area contributed by atoms with E-state index in [1.165, 1.54) is 0 Å². The molecule has 0 amide bonds. The molecule has 0 spiro atoms. The molecule has 0 unspecified atom stereocenters. The highest BCUT2D eigenvalue weighted by Gasteiger charge is 2.30. The maximum Gasteiger partial charge on any atom is 0.196 e. The molecule has 0 fully saturated rings. The minimum absolute atomic E-state index is 0.0150. The highest BCUT2D eigenvalue weighted by molar-refractivity contribution is 6.39. The standard InChI is InChI=1S/C22H15ClN2O/c1-11-7-8-16-14(9-11)18-12-5-3-4-6-13(12)22(26)20-19(18)17(25-16)10-15(23)21(20)24-2/h3-10,24H,1-2H3. The molecule has 3 nitrogen and oxygen atoms in total. The molecule has 0 saturated heterocycles. The molecule has 1 aliphatic carbocycles. The first-order valence-corrected chi connectivity index (χ1v) is 8.86. The van der Waals surface area contributed by atoms with Gasteiger partial charge in [-0.05, 0) is 30.7 Å². The number of halogens is 1. The molecule has 0 radical (unpaired) electrons. The number of aryl methyl sites for hydroxylation is 1. The highest BCUT2D eigenvalue weighted by Crippen LogP contribution is 2.46. The van der Waals surface area contributed by atoms with Gasteiger partial charge in [-0.15, -0.1) is 0 Å². The fraction of sp³-hybridized carbons (Fsp3) is 0.0909. The summed E-state index contributed by atoms with van der Waals surface area (Å²) in [6, 6.07) is 15.8. The predicted molar refractivity (Wildman–Crippen MR) is 107 cm³/mol. The summed E-state index contributed by atoms with van der Waals surface area (Å²) in [4.78, 5) is 18.1. The number of ketones is 1. The van der Waals surface area contributed by atoms with Crippen molar-refractivity contribution >= 4 is 44.9 Å². The smallest absolute Gasteiger partial charge is 0.196 e. The van der Waals surface area contributed by atoms with E-state index in [1.54, 1.807) is 7.05 Å². The van der Waals surface area contributed by atoms with Crippen LogP contribution in [0.3, 0.4) is 0 Å². The van der Waals surface area contributed by atoms with E-state index in [0.717, 1.165) is 38.5 Å². The lowest BCUT2D eigenvalue weighted by molar-refractivity contribution is 0.104. The number of anilines is 1. The average Bonchev–Trinajstić information content (AvgIpc) is 2.64. The molecule has 0 bridgehead atoms. The van der Waals surface area contributed by atoms with Gasteiger partial charge in [0, 0.05) is 28.9 Å². The lowest BCUT2D eigenvalue weighted by atomic mass is 9.81. The third-order valence-corrected chi connectivity index (χ3v) is 5.39. The zero-order valence-corrected chi connectivity index (χ0v) is 15.1. The van der Waals surface area contributed by atoms with Gasteiger partial charge in [0.15, 0.2) is 5.78 Å². The van der Waals surface area contributed by atoms with Gasteiger partial charge in [0.2, 0.25) is 0 Å². The number of nitrogens with zero attached hydrogens (tertiary/aromatic N) is 1. The van der Waals surface area contributed by atoms with Gasteiger partial charge in [0.05, 0.1) is 27.3 Å². The van der Waals surface area contributed by atoms with Gasteiger partial charge in [0.25, 0.3) is 0 Å². The average molecular weight is 359 g/mol. The number of fused-ring (bicyclic) bond motifs is 4. The molecule has 4 aromatic rings. The number of carbonyl (C=O) groups is 1. The van der Waals surface area contributed by atoms with Crippen LogP contribution < -0.4 is 5.32 Å². The van der Waals surface area contributed by atoms with Crippen molar-refractivity contribution in [2.45, 2.75) is 6.92 Å². The second kappa shape index (κ2) is 5.29. The molecule has 5 rings (SSSR count). The number of rotatable bonds is 1. The highest BCUT2D eigenvalue weighted by atomic mass is 35.5. The summed E-state index contributed by atoms with van der Waals surface area (Å²) in [6.07, 6.45) is 0. The van der Waals surface area contributed by atoms with Crippen LogP contribution in [0.4, 0.5) is 5.69 Å². The van der Waals surface area contributed by atoms with E-state index in [9.17, 15) is 4.79 Å². The minimum Gasteiger partial charge on any atom is -0.386 e. The van der Waals surface area contributed by atoms with E-state index < -0.39 is 0 Å². The molecule has 0 aliphatic heterocycles. The Morgan fingerprint density at radius 1 is 0.962 bits per heavy atom. The lowest BCUT2D eigenvalue weighted by Gasteiger charge is -2.24. The van der Waals surface area contributed by atoms with E-state index in [-0.39, 0.29) is 5.78 Å².